The van der Waals surface area contributed by atoms with Crippen molar-refractivity contribution in [1.29, 1.82) is 0 Å². The zero-order valence-corrected chi connectivity index (χ0v) is 12.2. The summed E-state index contributed by atoms with van der Waals surface area (Å²) >= 11 is 0. The van der Waals surface area contributed by atoms with Crippen molar-refractivity contribution in [3.8, 4) is 5.69 Å². The molecule has 1 N–H and O–H groups in total. The number of nitrogens with zero attached hydrogens (tertiary/aromatic N) is 5. The summed E-state index contributed by atoms with van der Waals surface area (Å²) < 4.78 is 1.56. The highest BCUT2D eigenvalue weighted by atomic mass is 16.2. The number of carbonyl (C=O) groups is 1. The Morgan fingerprint density at radius 2 is 2.14 bits per heavy atom. The van der Waals surface area contributed by atoms with Gasteiger partial charge in [0, 0.05) is 24.2 Å². The molecule has 7 heteroatoms. The molecule has 0 spiro atoms. The Morgan fingerprint density at radius 1 is 1.23 bits per heavy atom. The smallest absolute Gasteiger partial charge is 0.254 e. The third kappa shape index (κ3) is 2.27. The van der Waals surface area contributed by atoms with Crippen molar-refractivity contribution in [2.75, 3.05) is 13.1 Å². The average molecular weight is 298 g/mol. The first-order valence-corrected chi connectivity index (χ1v) is 7.70. The van der Waals surface area contributed by atoms with Gasteiger partial charge in [0.1, 0.15) is 6.33 Å². The number of rotatable bonds is 2. The molecular formula is C15H18N6O. The molecule has 1 aromatic heterocycles. The first kappa shape index (κ1) is 13.4. The van der Waals surface area contributed by atoms with Crippen molar-refractivity contribution in [2.45, 2.75) is 31.3 Å². The number of benzene rings is 1. The van der Waals surface area contributed by atoms with Gasteiger partial charge >= 0.3 is 0 Å². The molecule has 114 valence electrons. The molecule has 1 amide bonds. The lowest BCUT2D eigenvalue weighted by Crippen LogP contribution is -2.42. The zero-order chi connectivity index (χ0) is 14.9. The molecule has 2 bridgehead atoms. The van der Waals surface area contributed by atoms with Crippen LogP contribution in [0.15, 0.2) is 30.6 Å². The summed E-state index contributed by atoms with van der Waals surface area (Å²) in [7, 11) is 0. The molecular weight excluding hydrogens is 280 g/mol. The maximum atomic E-state index is 13.0. The van der Waals surface area contributed by atoms with Crippen LogP contribution < -0.4 is 5.32 Å². The number of hydrogen-bond donors (Lipinski definition) is 1. The fourth-order valence-electron chi connectivity index (χ4n) is 3.52. The Balaban J connectivity index is 1.64. The monoisotopic (exact) mass is 298 g/mol. The highest BCUT2D eigenvalue weighted by molar-refractivity contribution is 5.95. The number of hydrogen-bond acceptors (Lipinski definition) is 5. The Kier molecular flexibility index (Phi) is 3.34. The Bertz CT molecular complexity index is 656. The second kappa shape index (κ2) is 5.49. The van der Waals surface area contributed by atoms with E-state index in [-0.39, 0.29) is 5.91 Å². The fourth-order valence-corrected chi connectivity index (χ4v) is 3.52. The third-order valence-electron chi connectivity index (χ3n) is 4.60. The summed E-state index contributed by atoms with van der Waals surface area (Å²) in [5.41, 5.74) is 1.50. The molecule has 0 radical (unpaired) electrons. The highest BCUT2D eigenvalue weighted by Crippen LogP contribution is 2.29. The van der Waals surface area contributed by atoms with E-state index in [0.717, 1.165) is 38.0 Å². The van der Waals surface area contributed by atoms with Crippen LogP contribution in [0.25, 0.3) is 5.69 Å². The van der Waals surface area contributed by atoms with Crippen LogP contribution in [0.2, 0.25) is 0 Å². The zero-order valence-electron chi connectivity index (χ0n) is 12.2. The summed E-state index contributed by atoms with van der Waals surface area (Å²) in [5.74, 6) is 0.117. The molecule has 2 fully saturated rings. The molecule has 2 aliphatic heterocycles. The molecule has 2 unspecified atom stereocenters. The maximum Gasteiger partial charge on any atom is 0.254 e. The van der Waals surface area contributed by atoms with E-state index < -0.39 is 0 Å². The number of amides is 1. The molecule has 2 aromatic rings. The number of carbonyl (C=O) groups excluding carboxylic acids is 1. The molecule has 0 aliphatic carbocycles. The van der Waals surface area contributed by atoms with E-state index in [4.69, 9.17) is 0 Å². The van der Waals surface area contributed by atoms with Crippen molar-refractivity contribution in [2.24, 2.45) is 0 Å². The van der Waals surface area contributed by atoms with Gasteiger partial charge in [-0.15, -0.1) is 5.10 Å². The molecule has 0 saturated carbocycles. The van der Waals surface area contributed by atoms with Crippen LogP contribution in [0.4, 0.5) is 0 Å². The molecule has 1 aromatic carbocycles. The summed E-state index contributed by atoms with van der Waals surface area (Å²) in [6, 6.07) is 8.18. The van der Waals surface area contributed by atoms with Gasteiger partial charge in [0.05, 0.1) is 5.69 Å². The minimum atomic E-state index is 0.117. The van der Waals surface area contributed by atoms with Crippen LogP contribution in [0.5, 0.6) is 0 Å². The Labute approximate surface area is 128 Å². The largest absolute Gasteiger partial charge is 0.331 e. The highest BCUT2D eigenvalue weighted by Gasteiger charge is 2.38. The van der Waals surface area contributed by atoms with Crippen LogP contribution in [0.1, 0.15) is 29.6 Å². The molecule has 4 rings (SSSR count). The van der Waals surface area contributed by atoms with Gasteiger partial charge in [-0.2, -0.15) is 0 Å². The number of aromatic nitrogens is 4. The second-order valence-corrected chi connectivity index (χ2v) is 5.89. The van der Waals surface area contributed by atoms with E-state index >= 15 is 0 Å². The van der Waals surface area contributed by atoms with E-state index in [1.54, 1.807) is 4.68 Å². The van der Waals surface area contributed by atoms with Crippen molar-refractivity contribution in [3.63, 3.8) is 0 Å². The lowest BCUT2D eigenvalue weighted by molar-refractivity contribution is 0.0680. The van der Waals surface area contributed by atoms with Gasteiger partial charge in [-0.25, -0.2) is 4.68 Å². The predicted octanol–water partition coefficient (Wildman–Crippen LogP) is 0.629. The van der Waals surface area contributed by atoms with Crippen LogP contribution in [0.3, 0.4) is 0 Å². The van der Waals surface area contributed by atoms with Gasteiger partial charge in [-0.05, 0) is 54.4 Å². The quantitative estimate of drug-likeness (QED) is 0.880. The number of fused-ring (bicyclic) bond motifs is 2. The Hall–Kier alpha value is -2.28. The SMILES string of the molecule is O=C(c1cccc(-n2cnnn2)c1)N1C2CCNCC1CC2. The molecule has 22 heavy (non-hydrogen) atoms. The maximum absolute atomic E-state index is 13.0. The van der Waals surface area contributed by atoms with Crippen molar-refractivity contribution in [1.82, 2.24) is 30.4 Å². The molecule has 2 saturated heterocycles. The van der Waals surface area contributed by atoms with Gasteiger partial charge in [0.25, 0.3) is 5.91 Å². The summed E-state index contributed by atoms with van der Waals surface area (Å²) in [6.45, 7) is 1.89. The van der Waals surface area contributed by atoms with Gasteiger partial charge in [-0.1, -0.05) is 6.07 Å². The lowest BCUT2D eigenvalue weighted by atomic mass is 10.1. The second-order valence-electron chi connectivity index (χ2n) is 5.89. The van der Waals surface area contributed by atoms with E-state index in [9.17, 15) is 4.79 Å². The average Bonchev–Trinajstić information content (AvgIpc) is 3.14. The van der Waals surface area contributed by atoms with Crippen LogP contribution in [-0.2, 0) is 0 Å². The normalized spacial score (nSPS) is 24.3. The van der Waals surface area contributed by atoms with Crippen molar-refractivity contribution >= 4 is 5.91 Å². The number of nitrogens with one attached hydrogen (secondary N) is 1. The van der Waals surface area contributed by atoms with Crippen molar-refractivity contribution in [3.05, 3.63) is 36.2 Å². The lowest BCUT2D eigenvalue weighted by Gasteiger charge is -2.28. The van der Waals surface area contributed by atoms with Gasteiger partial charge < -0.3 is 10.2 Å². The Morgan fingerprint density at radius 3 is 3.00 bits per heavy atom. The molecule has 3 heterocycles. The van der Waals surface area contributed by atoms with Crippen LogP contribution in [-0.4, -0.2) is 56.2 Å². The molecule has 2 aliphatic rings. The van der Waals surface area contributed by atoms with Gasteiger partial charge in [-0.3, -0.25) is 4.79 Å². The molecule has 2 atom stereocenters. The van der Waals surface area contributed by atoms with E-state index in [1.807, 2.05) is 24.3 Å². The first-order valence-electron chi connectivity index (χ1n) is 7.70. The fraction of sp³-hybridized carbons (Fsp3) is 0.467. The number of tetrazole rings is 1. The first-order chi connectivity index (χ1) is 10.8. The van der Waals surface area contributed by atoms with Crippen molar-refractivity contribution < 1.29 is 4.79 Å². The van der Waals surface area contributed by atoms with E-state index in [2.05, 4.69) is 25.7 Å². The summed E-state index contributed by atoms with van der Waals surface area (Å²) in [5, 5.41) is 14.6. The standard InChI is InChI=1S/C15H18N6O/c22-15(21-12-4-5-14(21)9-16-7-6-12)11-2-1-3-13(8-11)20-10-17-18-19-20/h1-3,8,10,12,14,16H,4-7,9H2. The third-order valence-corrected chi connectivity index (χ3v) is 4.60. The van der Waals surface area contributed by atoms with E-state index in [0.29, 0.717) is 17.6 Å². The summed E-state index contributed by atoms with van der Waals surface area (Å²) in [6.07, 6.45) is 4.78. The molecule has 7 nitrogen and oxygen atoms in total. The van der Waals surface area contributed by atoms with Crippen LogP contribution in [0, 0.1) is 0 Å². The minimum absolute atomic E-state index is 0.117. The minimum Gasteiger partial charge on any atom is -0.331 e. The predicted molar refractivity (Wildman–Crippen MR) is 79.6 cm³/mol. The van der Waals surface area contributed by atoms with Crippen LogP contribution >= 0.6 is 0 Å². The summed E-state index contributed by atoms with van der Waals surface area (Å²) in [4.78, 5) is 15.1. The topological polar surface area (TPSA) is 75.9 Å². The van der Waals surface area contributed by atoms with Gasteiger partial charge in [0.2, 0.25) is 0 Å². The van der Waals surface area contributed by atoms with Gasteiger partial charge in [0.15, 0.2) is 0 Å². The van der Waals surface area contributed by atoms with E-state index in [1.165, 1.54) is 6.33 Å².